The lowest BCUT2D eigenvalue weighted by Crippen LogP contribution is -2.35. The van der Waals surface area contributed by atoms with Crippen molar-refractivity contribution < 1.29 is 35.9 Å². The smallest absolute Gasteiger partial charge is 0.420 e. The van der Waals surface area contributed by atoms with Gasteiger partial charge in [-0.2, -0.15) is 5.10 Å². The van der Waals surface area contributed by atoms with E-state index in [0.29, 0.717) is 18.7 Å². The van der Waals surface area contributed by atoms with Crippen molar-refractivity contribution in [2.75, 3.05) is 24.4 Å². The van der Waals surface area contributed by atoms with E-state index in [1.807, 2.05) is 0 Å². The zero-order valence-corrected chi connectivity index (χ0v) is 17.3. The molecular formula is C18H21F3N4O5S. The minimum Gasteiger partial charge on any atom is -0.449 e. The monoisotopic (exact) mass is 462 g/mol. The zero-order valence-electron chi connectivity index (χ0n) is 16.5. The first-order chi connectivity index (χ1) is 14.7. The second-order valence-electron chi connectivity index (χ2n) is 6.73. The summed E-state index contributed by atoms with van der Waals surface area (Å²) in [7, 11) is -4.17. The zero-order chi connectivity index (χ0) is 22.6. The number of hydrogen-bond acceptors (Lipinski definition) is 7. The van der Waals surface area contributed by atoms with Gasteiger partial charge in [-0.1, -0.05) is 0 Å². The van der Waals surface area contributed by atoms with Crippen molar-refractivity contribution >= 4 is 21.9 Å². The van der Waals surface area contributed by atoms with Gasteiger partial charge in [0.2, 0.25) is 0 Å². The lowest BCUT2D eigenvalue weighted by molar-refractivity contribution is 0.0126. The number of ether oxygens (including phenoxy) is 2. The van der Waals surface area contributed by atoms with Gasteiger partial charge in [-0.15, -0.1) is 0 Å². The molecule has 1 unspecified atom stereocenters. The fraction of sp³-hybridized carbons (Fsp3) is 0.444. The van der Waals surface area contributed by atoms with Crippen molar-refractivity contribution in [2.45, 2.75) is 32.3 Å². The second-order valence-corrected chi connectivity index (χ2v) is 8.45. The Morgan fingerprint density at radius 3 is 2.61 bits per heavy atom. The second kappa shape index (κ2) is 9.56. The Morgan fingerprint density at radius 1 is 1.29 bits per heavy atom. The standard InChI is InChI=1S/C18H21F3N4O5S/c1-2-29-18(26)25-31(27,28)9-22-17-14(10-7-11(19)15(21)12(20)8-10)16(23-24-17)13-5-3-4-6-30-13/h7-8,13H,2-6,9H2,1H3,(H,25,26)(H2,22,23,24). The van der Waals surface area contributed by atoms with E-state index in [2.05, 4.69) is 20.3 Å². The fourth-order valence-corrected chi connectivity index (χ4v) is 3.88. The van der Waals surface area contributed by atoms with Crippen molar-refractivity contribution in [3.63, 3.8) is 0 Å². The van der Waals surface area contributed by atoms with Crippen LogP contribution in [0.3, 0.4) is 0 Å². The van der Waals surface area contributed by atoms with Gasteiger partial charge < -0.3 is 14.8 Å². The fourth-order valence-electron chi connectivity index (χ4n) is 3.16. The van der Waals surface area contributed by atoms with E-state index in [1.165, 1.54) is 6.92 Å². The summed E-state index contributed by atoms with van der Waals surface area (Å²) in [4.78, 5) is 11.4. The topological polar surface area (TPSA) is 122 Å². The maximum absolute atomic E-state index is 13.9. The van der Waals surface area contributed by atoms with E-state index >= 15 is 0 Å². The number of carbonyl (C=O) groups is 1. The average Bonchev–Trinajstić information content (AvgIpc) is 3.15. The number of H-pyrrole nitrogens is 1. The highest BCUT2D eigenvalue weighted by Gasteiger charge is 2.27. The SMILES string of the molecule is CCOC(=O)NS(=O)(=O)CNc1n[nH]c(C2CCCCO2)c1-c1cc(F)c(F)c(F)c1. The molecule has 13 heteroatoms. The predicted octanol–water partition coefficient (Wildman–Crippen LogP) is 3.18. The summed E-state index contributed by atoms with van der Waals surface area (Å²) in [6, 6.07) is 1.57. The predicted molar refractivity (Wildman–Crippen MR) is 104 cm³/mol. The summed E-state index contributed by atoms with van der Waals surface area (Å²) in [6.07, 6.45) is 0.671. The maximum atomic E-state index is 13.9. The van der Waals surface area contributed by atoms with Crippen LogP contribution < -0.4 is 10.0 Å². The Bertz CT molecular complexity index is 1030. The van der Waals surface area contributed by atoms with Crippen LogP contribution in [0.1, 0.15) is 38.0 Å². The van der Waals surface area contributed by atoms with Crippen molar-refractivity contribution in [1.82, 2.24) is 14.9 Å². The van der Waals surface area contributed by atoms with E-state index in [9.17, 15) is 26.4 Å². The molecule has 1 saturated heterocycles. The van der Waals surface area contributed by atoms with Gasteiger partial charge in [0.1, 0.15) is 5.88 Å². The third kappa shape index (κ3) is 5.47. The van der Waals surface area contributed by atoms with E-state index in [0.717, 1.165) is 25.0 Å². The minimum absolute atomic E-state index is 0.0231. The van der Waals surface area contributed by atoms with Crippen LogP contribution in [-0.4, -0.2) is 43.8 Å². The summed E-state index contributed by atoms with van der Waals surface area (Å²) in [5.74, 6) is -5.30. The van der Waals surface area contributed by atoms with E-state index in [4.69, 9.17) is 4.74 Å². The molecule has 2 aromatic rings. The number of halogens is 3. The quantitative estimate of drug-likeness (QED) is 0.540. The third-order valence-electron chi connectivity index (χ3n) is 4.51. The molecule has 0 radical (unpaired) electrons. The number of carbonyl (C=O) groups excluding carboxylic acids is 1. The number of nitrogens with one attached hydrogen (secondary N) is 3. The van der Waals surface area contributed by atoms with Crippen LogP contribution >= 0.6 is 0 Å². The number of aromatic nitrogens is 2. The number of nitrogens with zero attached hydrogens (tertiary/aromatic N) is 1. The first-order valence-electron chi connectivity index (χ1n) is 9.47. The van der Waals surface area contributed by atoms with Crippen molar-refractivity contribution in [3.05, 3.63) is 35.3 Å². The Morgan fingerprint density at radius 2 is 2.00 bits per heavy atom. The average molecular weight is 462 g/mol. The molecule has 0 spiro atoms. The lowest BCUT2D eigenvalue weighted by Gasteiger charge is -2.22. The van der Waals surface area contributed by atoms with Crippen LogP contribution in [-0.2, 0) is 19.5 Å². The number of aromatic amines is 1. The summed E-state index contributed by atoms with van der Waals surface area (Å²) in [5, 5.41) is 9.23. The Labute approximate surface area is 176 Å². The third-order valence-corrected chi connectivity index (χ3v) is 5.51. The van der Waals surface area contributed by atoms with Crippen LogP contribution in [0.2, 0.25) is 0 Å². The highest BCUT2D eigenvalue weighted by Crippen LogP contribution is 2.38. The molecule has 0 bridgehead atoms. The minimum atomic E-state index is -4.17. The van der Waals surface area contributed by atoms with Crippen LogP contribution in [0.4, 0.5) is 23.8 Å². The van der Waals surface area contributed by atoms with Crippen LogP contribution in [0.25, 0.3) is 11.1 Å². The van der Waals surface area contributed by atoms with Crippen LogP contribution in [0.15, 0.2) is 12.1 Å². The van der Waals surface area contributed by atoms with Gasteiger partial charge in [0.25, 0.3) is 10.0 Å². The molecule has 9 nitrogen and oxygen atoms in total. The number of amides is 1. The Balaban J connectivity index is 1.93. The molecule has 1 aliphatic heterocycles. The van der Waals surface area contributed by atoms with Crippen molar-refractivity contribution in [1.29, 1.82) is 0 Å². The number of sulfonamides is 1. The molecular weight excluding hydrogens is 441 g/mol. The first-order valence-corrected chi connectivity index (χ1v) is 11.1. The molecule has 1 aliphatic rings. The molecule has 1 amide bonds. The number of hydrogen-bond donors (Lipinski definition) is 3. The van der Waals surface area contributed by atoms with Crippen molar-refractivity contribution in [3.8, 4) is 11.1 Å². The molecule has 1 aromatic carbocycles. The van der Waals surface area contributed by atoms with Gasteiger partial charge in [-0.25, -0.2) is 31.1 Å². The van der Waals surface area contributed by atoms with Gasteiger partial charge >= 0.3 is 6.09 Å². The molecule has 0 saturated carbocycles. The van der Waals surface area contributed by atoms with E-state index < -0.39 is 45.5 Å². The molecule has 31 heavy (non-hydrogen) atoms. The van der Waals surface area contributed by atoms with Crippen molar-refractivity contribution in [2.24, 2.45) is 0 Å². The van der Waals surface area contributed by atoms with Crippen LogP contribution in [0.5, 0.6) is 0 Å². The Hall–Kier alpha value is -2.80. The molecule has 1 aromatic heterocycles. The molecule has 170 valence electrons. The van der Waals surface area contributed by atoms with Gasteiger partial charge in [0, 0.05) is 12.2 Å². The summed E-state index contributed by atoms with van der Waals surface area (Å²) >= 11 is 0. The highest BCUT2D eigenvalue weighted by molar-refractivity contribution is 7.90. The maximum Gasteiger partial charge on any atom is 0.420 e. The van der Waals surface area contributed by atoms with Gasteiger partial charge in [0.15, 0.2) is 23.3 Å². The Kier molecular flexibility index (Phi) is 7.05. The number of rotatable bonds is 7. The first kappa shape index (κ1) is 22.9. The summed E-state index contributed by atoms with van der Waals surface area (Å²) in [6.45, 7) is 1.96. The molecule has 1 fully saturated rings. The van der Waals surface area contributed by atoms with Gasteiger partial charge in [-0.05, 0) is 43.9 Å². The molecule has 3 N–H and O–H groups in total. The van der Waals surface area contributed by atoms with Crippen LogP contribution in [0, 0.1) is 17.5 Å². The number of benzene rings is 1. The highest BCUT2D eigenvalue weighted by atomic mass is 32.2. The molecule has 0 aliphatic carbocycles. The van der Waals surface area contributed by atoms with E-state index in [-0.39, 0.29) is 23.6 Å². The molecule has 1 atom stereocenters. The van der Waals surface area contributed by atoms with Gasteiger partial charge in [-0.3, -0.25) is 5.10 Å². The molecule has 3 rings (SSSR count). The normalized spacial score (nSPS) is 16.7. The summed E-state index contributed by atoms with van der Waals surface area (Å²) in [5.41, 5.74) is 0.437. The number of anilines is 1. The van der Waals surface area contributed by atoms with E-state index in [1.54, 1.807) is 4.72 Å². The largest absolute Gasteiger partial charge is 0.449 e. The van der Waals surface area contributed by atoms with Gasteiger partial charge in [0.05, 0.1) is 18.4 Å². The lowest BCUT2D eigenvalue weighted by atomic mass is 9.98. The molecule has 2 heterocycles. The summed E-state index contributed by atoms with van der Waals surface area (Å²) < 4.78 is 77.3.